The molecule has 0 saturated carbocycles. The second-order valence-corrected chi connectivity index (χ2v) is 5.54. The Morgan fingerprint density at radius 2 is 2.05 bits per heavy atom. The molecule has 1 aliphatic rings. The first-order valence-electron chi connectivity index (χ1n) is 7.44. The lowest BCUT2D eigenvalue weighted by molar-refractivity contribution is -0.134. The number of nitrogens with zero attached hydrogens (tertiary/aromatic N) is 2. The average Bonchev–Trinajstić information content (AvgIpc) is 2.48. The number of benzene rings is 1. The zero-order valence-corrected chi connectivity index (χ0v) is 12.5. The van der Waals surface area contributed by atoms with Crippen LogP contribution in [-0.2, 0) is 4.79 Å². The largest absolute Gasteiger partial charge is 0.340 e. The molecule has 0 spiro atoms. The highest BCUT2D eigenvalue weighted by atomic mass is 16.2. The number of piperazine rings is 1. The minimum Gasteiger partial charge on any atom is -0.340 e. The molecule has 4 heteroatoms. The fourth-order valence-electron chi connectivity index (χ4n) is 2.83. The van der Waals surface area contributed by atoms with Crippen molar-refractivity contribution >= 4 is 5.91 Å². The molecular formula is C16H25N3O. The summed E-state index contributed by atoms with van der Waals surface area (Å²) < 4.78 is 0. The van der Waals surface area contributed by atoms with Crippen molar-refractivity contribution in [3.63, 3.8) is 0 Å². The maximum absolute atomic E-state index is 12.3. The molecule has 0 radical (unpaired) electrons. The number of hydrogen-bond donors (Lipinski definition) is 1. The van der Waals surface area contributed by atoms with E-state index in [0.29, 0.717) is 12.5 Å². The van der Waals surface area contributed by atoms with E-state index in [4.69, 9.17) is 5.73 Å². The Bertz CT molecular complexity index is 435. The number of carbonyl (C=O) groups is 1. The van der Waals surface area contributed by atoms with Crippen molar-refractivity contribution in [2.75, 3.05) is 26.2 Å². The van der Waals surface area contributed by atoms with E-state index >= 15 is 0 Å². The maximum Gasteiger partial charge on any atom is 0.224 e. The van der Waals surface area contributed by atoms with Gasteiger partial charge >= 0.3 is 0 Å². The highest BCUT2D eigenvalue weighted by Gasteiger charge is 2.26. The van der Waals surface area contributed by atoms with Gasteiger partial charge in [0.05, 0.1) is 0 Å². The van der Waals surface area contributed by atoms with Crippen LogP contribution in [0.2, 0.25) is 0 Å². The van der Waals surface area contributed by atoms with Gasteiger partial charge in [-0.1, -0.05) is 37.3 Å². The quantitative estimate of drug-likeness (QED) is 0.908. The molecular weight excluding hydrogens is 250 g/mol. The first kappa shape index (κ1) is 15.0. The number of amides is 1. The van der Waals surface area contributed by atoms with Crippen LogP contribution in [0.25, 0.3) is 0 Å². The summed E-state index contributed by atoms with van der Waals surface area (Å²) in [4.78, 5) is 16.7. The van der Waals surface area contributed by atoms with Crippen LogP contribution in [0.3, 0.4) is 0 Å². The van der Waals surface area contributed by atoms with Crippen LogP contribution in [0.15, 0.2) is 30.3 Å². The Morgan fingerprint density at radius 3 is 2.65 bits per heavy atom. The van der Waals surface area contributed by atoms with Crippen LogP contribution >= 0.6 is 0 Å². The van der Waals surface area contributed by atoms with E-state index in [1.807, 2.05) is 35.2 Å². The highest BCUT2D eigenvalue weighted by Crippen LogP contribution is 2.17. The predicted molar refractivity (Wildman–Crippen MR) is 81.3 cm³/mol. The van der Waals surface area contributed by atoms with E-state index in [-0.39, 0.29) is 11.9 Å². The molecule has 1 saturated heterocycles. The third kappa shape index (κ3) is 3.58. The molecule has 1 fully saturated rings. The molecule has 20 heavy (non-hydrogen) atoms. The normalized spacial score (nSPS) is 21.8. The van der Waals surface area contributed by atoms with Crippen LogP contribution in [0.1, 0.15) is 31.9 Å². The third-order valence-electron chi connectivity index (χ3n) is 4.15. The number of hydrogen-bond acceptors (Lipinski definition) is 3. The van der Waals surface area contributed by atoms with Gasteiger partial charge in [0.2, 0.25) is 5.91 Å². The standard InChI is InChI=1S/C16H25N3O/c1-3-18-9-10-19(12-13(18)2)16(20)11-15(17)14-7-5-4-6-8-14/h4-8,13,15H,3,9-12,17H2,1-2H3. The van der Waals surface area contributed by atoms with Gasteiger partial charge in [-0.25, -0.2) is 0 Å². The lowest BCUT2D eigenvalue weighted by Gasteiger charge is -2.39. The van der Waals surface area contributed by atoms with Crippen molar-refractivity contribution in [2.45, 2.75) is 32.4 Å². The SMILES string of the molecule is CCN1CCN(C(=O)CC(N)c2ccccc2)CC1C. The summed E-state index contributed by atoms with van der Waals surface area (Å²) >= 11 is 0. The van der Waals surface area contributed by atoms with Crippen molar-refractivity contribution in [3.05, 3.63) is 35.9 Å². The van der Waals surface area contributed by atoms with E-state index in [0.717, 1.165) is 31.7 Å². The van der Waals surface area contributed by atoms with E-state index in [1.54, 1.807) is 0 Å². The van der Waals surface area contributed by atoms with Crippen molar-refractivity contribution < 1.29 is 4.79 Å². The van der Waals surface area contributed by atoms with Gasteiger partial charge in [0, 0.05) is 38.1 Å². The summed E-state index contributed by atoms with van der Waals surface area (Å²) in [5, 5.41) is 0. The molecule has 0 aliphatic carbocycles. The summed E-state index contributed by atoms with van der Waals surface area (Å²) in [5.74, 6) is 0.170. The third-order valence-corrected chi connectivity index (χ3v) is 4.15. The van der Waals surface area contributed by atoms with E-state index in [1.165, 1.54) is 0 Å². The Hall–Kier alpha value is -1.39. The second kappa shape index (κ2) is 6.86. The number of nitrogens with two attached hydrogens (primary N) is 1. The Morgan fingerprint density at radius 1 is 1.35 bits per heavy atom. The van der Waals surface area contributed by atoms with Crippen LogP contribution in [-0.4, -0.2) is 47.9 Å². The van der Waals surface area contributed by atoms with Crippen molar-refractivity contribution in [1.29, 1.82) is 0 Å². The van der Waals surface area contributed by atoms with Crippen molar-refractivity contribution in [2.24, 2.45) is 5.73 Å². The molecule has 1 amide bonds. The average molecular weight is 275 g/mol. The zero-order chi connectivity index (χ0) is 14.5. The molecule has 2 N–H and O–H groups in total. The number of carbonyl (C=O) groups excluding carboxylic acids is 1. The Kier molecular flexibility index (Phi) is 5.15. The monoisotopic (exact) mass is 275 g/mol. The van der Waals surface area contributed by atoms with Gasteiger partial charge < -0.3 is 10.6 Å². The smallest absolute Gasteiger partial charge is 0.224 e. The minimum absolute atomic E-state index is 0.170. The lowest BCUT2D eigenvalue weighted by Crippen LogP contribution is -2.53. The molecule has 2 rings (SSSR count). The number of likely N-dealkylation sites (N-methyl/N-ethyl adjacent to an activating group) is 1. The summed E-state index contributed by atoms with van der Waals surface area (Å²) in [7, 11) is 0. The van der Waals surface area contributed by atoms with Gasteiger partial charge in [-0.05, 0) is 19.0 Å². The van der Waals surface area contributed by atoms with Crippen LogP contribution in [0, 0.1) is 0 Å². The zero-order valence-electron chi connectivity index (χ0n) is 12.5. The van der Waals surface area contributed by atoms with Gasteiger partial charge in [0.25, 0.3) is 0 Å². The Balaban J connectivity index is 1.89. The minimum atomic E-state index is -0.205. The summed E-state index contributed by atoms with van der Waals surface area (Å²) in [6.45, 7) is 7.99. The predicted octanol–water partition coefficient (Wildman–Crippen LogP) is 1.63. The number of rotatable bonds is 4. The van der Waals surface area contributed by atoms with Gasteiger partial charge in [-0.3, -0.25) is 9.69 Å². The molecule has 110 valence electrons. The van der Waals surface area contributed by atoms with Crippen molar-refractivity contribution in [3.8, 4) is 0 Å². The maximum atomic E-state index is 12.3. The molecule has 1 aromatic rings. The van der Waals surface area contributed by atoms with Crippen LogP contribution in [0.4, 0.5) is 0 Å². The molecule has 2 unspecified atom stereocenters. The molecule has 1 aromatic carbocycles. The fourth-order valence-corrected chi connectivity index (χ4v) is 2.83. The first-order valence-corrected chi connectivity index (χ1v) is 7.44. The summed E-state index contributed by atoms with van der Waals surface area (Å²) in [6.07, 6.45) is 0.392. The van der Waals surface area contributed by atoms with Crippen LogP contribution in [0.5, 0.6) is 0 Å². The lowest BCUT2D eigenvalue weighted by atomic mass is 10.0. The summed E-state index contributed by atoms with van der Waals surface area (Å²) in [5.41, 5.74) is 7.16. The topological polar surface area (TPSA) is 49.6 Å². The Labute approximate surface area is 121 Å². The van der Waals surface area contributed by atoms with E-state index < -0.39 is 0 Å². The van der Waals surface area contributed by atoms with E-state index in [9.17, 15) is 4.79 Å². The van der Waals surface area contributed by atoms with Gasteiger partial charge in [0.1, 0.15) is 0 Å². The molecule has 1 heterocycles. The molecule has 0 bridgehead atoms. The van der Waals surface area contributed by atoms with Gasteiger partial charge in [-0.2, -0.15) is 0 Å². The second-order valence-electron chi connectivity index (χ2n) is 5.54. The first-order chi connectivity index (χ1) is 9.61. The fraction of sp³-hybridized carbons (Fsp3) is 0.562. The molecule has 2 atom stereocenters. The van der Waals surface area contributed by atoms with Crippen LogP contribution < -0.4 is 5.73 Å². The van der Waals surface area contributed by atoms with Gasteiger partial charge in [0.15, 0.2) is 0 Å². The molecule has 1 aliphatic heterocycles. The van der Waals surface area contributed by atoms with E-state index in [2.05, 4.69) is 18.7 Å². The molecule has 4 nitrogen and oxygen atoms in total. The van der Waals surface area contributed by atoms with Crippen molar-refractivity contribution in [1.82, 2.24) is 9.80 Å². The molecule has 0 aromatic heterocycles. The summed E-state index contributed by atoms with van der Waals surface area (Å²) in [6, 6.07) is 10.1. The highest BCUT2D eigenvalue weighted by molar-refractivity contribution is 5.77. The van der Waals surface area contributed by atoms with Gasteiger partial charge in [-0.15, -0.1) is 0 Å².